The molecule has 1 aliphatic rings. The Morgan fingerprint density at radius 2 is 1.90 bits per heavy atom. The van der Waals surface area contributed by atoms with Crippen LogP contribution in [0.1, 0.15) is 35.7 Å². The van der Waals surface area contributed by atoms with Crippen LogP contribution >= 0.6 is 38.8 Å². The van der Waals surface area contributed by atoms with Gasteiger partial charge in [-0.1, -0.05) is 36.7 Å². The van der Waals surface area contributed by atoms with E-state index in [0.717, 1.165) is 41.0 Å². The topological polar surface area (TPSA) is 49.9 Å². The predicted octanol–water partition coefficient (Wildman–Crippen LogP) is 6.30. The van der Waals surface area contributed by atoms with E-state index in [-0.39, 0.29) is 11.9 Å². The van der Waals surface area contributed by atoms with Crippen LogP contribution in [-0.4, -0.2) is 48.8 Å². The Labute approximate surface area is 196 Å². The molecule has 8 heteroatoms. The molecular formula is C22H27ClIN2O3P. The van der Waals surface area contributed by atoms with Crippen LogP contribution < -0.4 is 0 Å². The summed E-state index contributed by atoms with van der Waals surface area (Å²) in [6.45, 7) is 3.39. The van der Waals surface area contributed by atoms with E-state index in [9.17, 15) is 9.36 Å². The van der Waals surface area contributed by atoms with Gasteiger partial charge in [0.25, 0.3) is 5.91 Å². The van der Waals surface area contributed by atoms with Crippen LogP contribution in [-0.2, 0) is 15.5 Å². The number of carbonyl (C=O) groups excluding carboxylic acids is 1. The first-order chi connectivity index (χ1) is 14.3. The van der Waals surface area contributed by atoms with Gasteiger partial charge in [0, 0.05) is 65.9 Å². The number of hydrogen-bond donors (Lipinski definition) is 0. The number of amides is 1. The van der Waals surface area contributed by atoms with Crippen molar-refractivity contribution in [2.45, 2.75) is 32.2 Å². The monoisotopic (exact) mass is 560 g/mol. The zero-order chi connectivity index (χ0) is 21.9. The molecule has 1 atom stereocenters. The third-order valence-electron chi connectivity index (χ3n) is 5.74. The number of carbonyl (C=O) groups is 1. The van der Waals surface area contributed by atoms with Gasteiger partial charge < -0.3 is 9.42 Å². The molecule has 1 amide bonds. The second-order valence-electron chi connectivity index (χ2n) is 7.48. The minimum Gasteiger partial charge on any atom is -0.339 e. The molecule has 0 spiro atoms. The maximum atomic E-state index is 13.1. The molecule has 0 N–H and O–H groups in total. The van der Waals surface area contributed by atoms with Crippen LogP contribution in [0.5, 0.6) is 0 Å². The number of aryl methyl sites for hydroxylation is 1. The Morgan fingerprint density at radius 3 is 2.53 bits per heavy atom. The molecule has 1 fully saturated rings. The molecule has 0 saturated carbocycles. The molecule has 162 valence electrons. The van der Waals surface area contributed by atoms with Gasteiger partial charge >= 0.3 is 5.16 Å². The molecule has 0 aromatic heterocycles. The highest BCUT2D eigenvalue weighted by molar-refractivity contribution is 14.2. The van der Waals surface area contributed by atoms with E-state index >= 15 is 0 Å². The highest BCUT2D eigenvalue weighted by Gasteiger charge is 2.33. The fourth-order valence-electron chi connectivity index (χ4n) is 3.82. The van der Waals surface area contributed by atoms with Crippen molar-refractivity contribution in [3.05, 3.63) is 58.6 Å². The molecule has 1 unspecified atom stereocenters. The smallest absolute Gasteiger partial charge is 0.329 e. The Bertz CT molecular complexity index is 963. The van der Waals surface area contributed by atoms with Gasteiger partial charge in [0.05, 0.1) is 0 Å². The minimum atomic E-state index is -2.75. The Morgan fingerprint density at radius 1 is 1.23 bits per heavy atom. The van der Waals surface area contributed by atoms with Gasteiger partial charge in [-0.15, -0.1) is 0 Å². The number of hydrogen-bond acceptors (Lipinski definition) is 3. The maximum Gasteiger partial charge on any atom is 0.329 e. The first-order valence-corrected chi connectivity index (χ1v) is 14.8. The lowest BCUT2D eigenvalue weighted by atomic mass is 9.99. The lowest BCUT2D eigenvalue weighted by molar-refractivity contribution is 0.0678. The average molecular weight is 561 g/mol. The molecule has 2 aromatic rings. The van der Waals surface area contributed by atoms with E-state index in [0.29, 0.717) is 18.7 Å². The summed E-state index contributed by atoms with van der Waals surface area (Å²) in [7, 11) is 3.33. The van der Waals surface area contributed by atoms with Gasteiger partial charge in [-0.3, -0.25) is 9.36 Å². The van der Waals surface area contributed by atoms with Crippen molar-refractivity contribution < 1.29 is 13.9 Å². The molecule has 1 aliphatic heterocycles. The van der Waals surface area contributed by atoms with E-state index in [1.54, 1.807) is 0 Å². The van der Waals surface area contributed by atoms with E-state index < -0.39 is 5.16 Å². The Balaban J connectivity index is 1.73. The fraction of sp³-hybridized carbons (Fsp3) is 0.409. The quantitative estimate of drug-likeness (QED) is 0.308. The standard InChI is InChI=1S/C22H27ClIN2O3P/c1-4-16-14-18(8-9-21(16)23)17-6-5-7-19(15-17)22(27)25(2)20-10-12-26(13-11-20)30(24,28)29-3/h5-9,14-15,20H,4,10-13H2,1-3H3. The molecule has 3 rings (SSSR count). The average Bonchev–Trinajstić information content (AvgIpc) is 2.78. The van der Waals surface area contributed by atoms with Gasteiger partial charge in [-0.25, -0.2) is 4.67 Å². The highest BCUT2D eigenvalue weighted by Crippen LogP contribution is 2.59. The second kappa shape index (κ2) is 10.1. The zero-order valence-electron chi connectivity index (χ0n) is 17.5. The Kier molecular flexibility index (Phi) is 8.02. The summed E-state index contributed by atoms with van der Waals surface area (Å²) >= 11 is 8.14. The molecule has 0 radical (unpaired) electrons. The third kappa shape index (κ3) is 5.28. The molecule has 1 saturated heterocycles. The number of nitrogens with zero attached hydrogens (tertiary/aromatic N) is 2. The molecule has 0 aliphatic carbocycles. The van der Waals surface area contributed by atoms with Gasteiger partial charge in [-0.05, 0) is 60.2 Å². The van der Waals surface area contributed by atoms with Crippen LogP contribution in [0.4, 0.5) is 0 Å². The van der Waals surface area contributed by atoms with Crippen LogP contribution in [0, 0.1) is 0 Å². The first kappa shape index (κ1) is 23.7. The van der Waals surface area contributed by atoms with Crippen molar-refractivity contribution in [3.8, 4) is 11.1 Å². The number of piperidine rings is 1. The minimum absolute atomic E-state index is 0.00405. The van der Waals surface area contributed by atoms with Gasteiger partial charge in [0.15, 0.2) is 0 Å². The summed E-state index contributed by atoms with van der Waals surface area (Å²) in [5, 5.41) is -1.98. The van der Waals surface area contributed by atoms with Gasteiger partial charge in [0.1, 0.15) is 0 Å². The normalized spacial score (nSPS) is 17.5. The largest absolute Gasteiger partial charge is 0.339 e. The maximum absolute atomic E-state index is 13.1. The van der Waals surface area contributed by atoms with Crippen molar-refractivity contribution in [1.29, 1.82) is 0 Å². The van der Waals surface area contributed by atoms with Crippen molar-refractivity contribution in [2.24, 2.45) is 0 Å². The van der Waals surface area contributed by atoms with E-state index in [1.807, 2.05) is 75.1 Å². The summed E-state index contributed by atoms with van der Waals surface area (Å²) in [6, 6.07) is 13.8. The summed E-state index contributed by atoms with van der Waals surface area (Å²) in [6.07, 6.45) is 2.41. The van der Waals surface area contributed by atoms with E-state index in [1.165, 1.54) is 7.11 Å². The molecule has 2 aromatic carbocycles. The SMILES string of the molecule is CCc1cc(-c2cccc(C(=O)N(C)C3CCN(P(=O)(I)OC)CC3)c2)ccc1Cl. The number of halogens is 2. The zero-order valence-corrected chi connectivity index (χ0v) is 21.3. The fourth-order valence-corrected chi connectivity index (χ4v) is 6.31. The summed E-state index contributed by atoms with van der Waals surface area (Å²) in [5.74, 6) is 0.00405. The third-order valence-corrected chi connectivity index (χ3v) is 10.6. The summed E-state index contributed by atoms with van der Waals surface area (Å²) in [4.78, 5) is 15.0. The molecule has 30 heavy (non-hydrogen) atoms. The molecule has 0 bridgehead atoms. The molecular weight excluding hydrogens is 534 g/mol. The van der Waals surface area contributed by atoms with Crippen LogP contribution in [0.15, 0.2) is 42.5 Å². The highest BCUT2D eigenvalue weighted by atomic mass is 127. The second-order valence-corrected chi connectivity index (χ2v) is 13.4. The van der Waals surface area contributed by atoms with Crippen LogP contribution in [0.3, 0.4) is 0 Å². The Hall–Kier alpha value is -0.920. The van der Waals surface area contributed by atoms with Gasteiger partial charge in [0.2, 0.25) is 0 Å². The number of rotatable bonds is 6. The van der Waals surface area contributed by atoms with Crippen molar-refractivity contribution in [1.82, 2.24) is 9.57 Å². The number of benzene rings is 2. The first-order valence-electron chi connectivity index (χ1n) is 10.0. The van der Waals surface area contributed by atoms with Gasteiger partial charge in [-0.2, -0.15) is 0 Å². The van der Waals surface area contributed by atoms with Crippen LogP contribution in [0.25, 0.3) is 11.1 Å². The molecule has 1 heterocycles. The van der Waals surface area contributed by atoms with Crippen molar-refractivity contribution in [2.75, 3.05) is 27.2 Å². The lowest BCUT2D eigenvalue weighted by Crippen LogP contribution is -2.44. The lowest BCUT2D eigenvalue weighted by Gasteiger charge is -2.37. The summed E-state index contributed by atoms with van der Waals surface area (Å²) in [5.41, 5.74) is 3.82. The van der Waals surface area contributed by atoms with E-state index in [2.05, 4.69) is 13.0 Å². The van der Waals surface area contributed by atoms with E-state index in [4.69, 9.17) is 16.1 Å². The van der Waals surface area contributed by atoms with Crippen LogP contribution in [0.2, 0.25) is 5.02 Å². The van der Waals surface area contributed by atoms with Crippen molar-refractivity contribution >= 4 is 44.7 Å². The van der Waals surface area contributed by atoms with Crippen molar-refractivity contribution in [3.63, 3.8) is 0 Å². The summed E-state index contributed by atoms with van der Waals surface area (Å²) < 4.78 is 19.4. The molecule has 5 nitrogen and oxygen atoms in total. The predicted molar refractivity (Wildman–Crippen MR) is 132 cm³/mol.